The Hall–Kier alpha value is -1.82. The molecule has 5 nitrogen and oxygen atoms in total. The third-order valence-electron chi connectivity index (χ3n) is 4.06. The van der Waals surface area contributed by atoms with Crippen LogP contribution in [0, 0.1) is 11.7 Å². The Bertz CT molecular complexity index is 601. The van der Waals surface area contributed by atoms with Crippen LogP contribution in [0.2, 0.25) is 5.02 Å². The summed E-state index contributed by atoms with van der Waals surface area (Å²) in [4.78, 5) is 18.2. The molecule has 0 aromatic heterocycles. The average Bonchev–Trinajstić information content (AvgIpc) is 2.59. The van der Waals surface area contributed by atoms with Crippen LogP contribution in [0.4, 0.5) is 4.39 Å². The number of carbonyl (C=O) groups is 1. The van der Waals surface area contributed by atoms with Crippen molar-refractivity contribution in [2.45, 2.75) is 26.3 Å². The molecule has 0 unspecified atom stereocenters. The molecule has 1 heterocycles. The van der Waals surface area contributed by atoms with Gasteiger partial charge < -0.3 is 15.0 Å². The Labute approximate surface area is 146 Å². The van der Waals surface area contributed by atoms with Gasteiger partial charge in [0, 0.05) is 26.7 Å². The molecule has 1 aromatic carbocycles. The fourth-order valence-corrected chi connectivity index (χ4v) is 2.95. The number of nitrogens with zero attached hydrogens (tertiary/aromatic N) is 2. The minimum Gasteiger partial charge on any atom is -0.466 e. The molecule has 0 bridgehead atoms. The molecule has 1 fully saturated rings. The van der Waals surface area contributed by atoms with Gasteiger partial charge in [0.1, 0.15) is 5.82 Å². The Kier molecular flexibility index (Phi) is 6.85. The minimum atomic E-state index is -0.425. The molecule has 0 radical (unpaired) electrons. The first kappa shape index (κ1) is 18.5. The van der Waals surface area contributed by atoms with Gasteiger partial charge in [-0.2, -0.15) is 0 Å². The highest BCUT2D eigenvalue weighted by Crippen LogP contribution is 2.19. The first-order chi connectivity index (χ1) is 11.5. The van der Waals surface area contributed by atoms with Gasteiger partial charge in [-0.3, -0.25) is 9.79 Å². The molecule has 1 aromatic rings. The standard InChI is InChI=1S/C17H23ClFN3O2/c1-3-24-16(23)13-6-8-22(9-7-13)17(20-2)21-11-12-4-5-15(19)14(18)10-12/h4-5,10,13H,3,6-9,11H2,1-2H3,(H,20,21). The molecule has 7 heteroatoms. The van der Waals surface area contributed by atoms with E-state index < -0.39 is 5.82 Å². The summed E-state index contributed by atoms with van der Waals surface area (Å²) in [6.45, 7) is 4.23. The van der Waals surface area contributed by atoms with E-state index >= 15 is 0 Å². The number of guanidine groups is 1. The van der Waals surface area contributed by atoms with Gasteiger partial charge in [0.15, 0.2) is 5.96 Å². The van der Waals surface area contributed by atoms with Crippen molar-refractivity contribution in [3.63, 3.8) is 0 Å². The van der Waals surface area contributed by atoms with Crippen molar-refractivity contribution in [1.82, 2.24) is 10.2 Å². The molecule has 0 saturated carbocycles. The van der Waals surface area contributed by atoms with Gasteiger partial charge in [-0.25, -0.2) is 4.39 Å². The first-order valence-corrected chi connectivity index (χ1v) is 8.49. The van der Waals surface area contributed by atoms with E-state index in [0.717, 1.165) is 37.5 Å². The lowest BCUT2D eigenvalue weighted by atomic mass is 9.97. The molecule has 0 spiro atoms. The number of benzene rings is 1. The normalized spacial score (nSPS) is 16.2. The summed E-state index contributed by atoms with van der Waals surface area (Å²) in [6.07, 6.45) is 1.50. The number of nitrogens with one attached hydrogen (secondary N) is 1. The predicted molar refractivity (Wildman–Crippen MR) is 92.5 cm³/mol. The number of hydrogen-bond donors (Lipinski definition) is 1. The summed E-state index contributed by atoms with van der Waals surface area (Å²) in [5, 5.41) is 3.36. The van der Waals surface area contributed by atoms with E-state index in [4.69, 9.17) is 16.3 Å². The number of esters is 1. The SMILES string of the molecule is CCOC(=O)C1CCN(C(=NC)NCc2ccc(F)c(Cl)c2)CC1. The third kappa shape index (κ3) is 4.84. The van der Waals surface area contributed by atoms with E-state index in [1.54, 1.807) is 19.2 Å². The van der Waals surface area contributed by atoms with Crippen LogP contribution in [0.5, 0.6) is 0 Å². The second-order valence-corrected chi connectivity index (χ2v) is 6.07. The smallest absolute Gasteiger partial charge is 0.309 e. The monoisotopic (exact) mass is 355 g/mol. The molecule has 0 amide bonds. The third-order valence-corrected chi connectivity index (χ3v) is 4.35. The maximum atomic E-state index is 13.2. The lowest BCUT2D eigenvalue weighted by molar-refractivity contribution is -0.149. The Morgan fingerprint density at radius 3 is 2.75 bits per heavy atom. The van der Waals surface area contributed by atoms with Crippen LogP contribution >= 0.6 is 11.6 Å². The molecular formula is C17H23ClFN3O2. The fourth-order valence-electron chi connectivity index (χ4n) is 2.75. The lowest BCUT2D eigenvalue weighted by Gasteiger charge is -2.33. The molecule has 1 aliphatic rings. The van der Waals surface area contributed by atoms with E-state index in [1.165, 1.54) is 6.07 Å². The van der Waals surface area contributed by atoms with Gasteiger partial charge in [-0.05, 0) is 37.5 Å². The number of likely N-dealkylation sites (tertiary alicyclic amines) is 1. The van der Waals surface area contributed by atoms with Crippen molar-refractivity contribution in [2.24, 2.45) is 10.9 Å². The molecule has 1 aliphatic heterocycles. The minimum absolute atomic E-state index is 0.0322. The van der Waals surface area contributed by atoms with E-state index in [0.29, 0.717) is 13.2 Å². The predicted octanol–water partition coefficient (Wildman–Crippen LogP) is 2.83. The van der Waals surface area contributed by atoms with Crippen LogP contribution in [0.25, 0.3) is 0 Å². The quantitative estimate of drug-likeness (QED) is 0.512. The van der Waals surface area contributed by atoms with E-state index in [9.17, 15) is 9.18 Å². The molecule has 0 atom stereocenters. The zero-order chi connectivity index (χ0) is 17.5. The molecular weight excluding hydrogens is 333 g/mol. The van der Waals surface area contributed by atoms with Crippen molar-refractivity contribution in [3.8, 4) is 0 Å². The summed E-state index contributed by atoms with van der Waals surface area (Å²) in [5.41, 5.74) is 0.879. The summed E-state index contributed by atoms with van der Waals surface area (Å²) < 4.78 is 18.3. The second kappa shape index (κ2) is 8.87. The number of halogens is 2. The van der Waals surface area contributed by atoms with Gasteiger partial charge in [-0.1, -0.05) is 17.7 Å². The molecule has 1 saturated heterocycles. The second-order valence-electron chi connectivity index (χ2n) is 5.66. The molecule has 132 valence electrons. The number of rotatable bonds is 4. The summed E-state index contributed by atoms with van der Waals surface area (Å²) in [5.74, 6) is 0.194. The molecule has 1 N–H and O–H groups in total. The van der Waals surface area contributed by atoms with Crippen LogP contribution in [-0.4, -0.2) is 43.6 Å². The van der Waals surface area contributed by atoms with Crippen LogP contribution < -0.4 is 5.32 Å². The number of ether oxygens (including phenoxy) is 1. The molecule has 0 aliphatic carbocycles. The van der Waals surface area contributed by atoms with Crippen molar-refractivity contribution in [3.05, 3.63) is 34.6 Å². The number of piperidine rings is 1. The highest BCUT2D eigenvalue weighted by molar-refractivity contribution is 6.30. The van der Waals surface area contributed by atoms with Crippen molar-refractivity contribution in [2.75, 3.05) is 26.7 Å². The van der Waals surface area contributed by atoms with Gasteiger partial charge >= 0.3 is 5.97 Å². The lowest BCUT2D eigenvalue weighted by Crippen LogP contribution is -2.46. The zero-order valence-corrected chi connectivity index (χ0v) is 14.8. The topological polar surface area (TPSA) is 53.9 Å². The van der Waals surface area contributed by atoms with E-state index in [2.05, 4.69) is 15.2 Å². The van der Waals surface area contributed by atoms with Crippen LogP contribution in [-0.2, 0) is 16.1 Å². The van der Waals surface area contributed by atoms with Gasteiger partial charge in [0.05, 0.1) is 17.5 Å². The fraction of sp³-hybridized carbons (Fsp3) is 0.529. The number of aliphatic imine (C=N–C) groups is 1. The van der Waals surface area contributed by atoms with Crippen molar-refractivity contribution >= 4 is 23.5 Å². The van der Waals surface area contributed by atoms with Gasteiger partial charge in [-0.15, -0.1) is 0 Å². The Morgan fingerprint density at radius 2 is 2.17 bits per heavy atom. The Balaban J connectivity index is 1.86. The van der Waals surface area contributed by atoms with Gasteiger partial charge in [0.25, 0.3) is 0 Å². The highest BCUT2D eigenvalue weighted by Gasteiger charge is 2.27. The van der Waals surface area contributed by atoms with E-state index in [1.807, 2.05) is 6.92 Å². The molecule has 2 rings (SSSR count). The maximum Gasteiger partial charge on any atom is 0.309 e. The summed E-state index contributed by atoms with van der Waals surface area (Å²) >= 11 is 5.80. The molecule has 24 heavy (non-hydrogen) atoms. The zero-order valence-electron chi connectivity index (χ0n) is 14.0. The number of hydrogen-bond acceptors (Lipinski definition) is 3. The summed E-state index contributed by atoms with van der Waals surface area (Å²) in [6, 6.07) is 4.64. The van der Waals surface area contributed by atoms with Crippen LogP contribution in [0.3, 0.4) is 0 Å². The highest BCUT2D eigenvalue weighted by atomic mass is 35.5. The van der Waals surface area contributed by atoms with Crippen LogP contribution in [0.15, 0.2) is 23.2 Å². The summed E-state index contributed by atoms with van der Waals surface area (Å²) in [7, 11) is 1.72. The first-order valence-electron chi connectivity index (χ1n) is 8.11. The maximum absolute atomic E-state index is 13.2. The Morgan fingerprint density at radius 1 is 1.46 bits per heavy atom. The van der Waals surface area contributed by atoms with Crippen molar-refractivity contribution < 1.29 is 13.9 Å². The number of carbonyl (C=O) groups excluding carboxylic acids is 1. The largest absolute Gasteiger partial charge is 0.466 e. The van der Waals surface area contributed by atoms with E-state index in [-0.39, 0.29) is 16.9 Å². The van der Waals surface area contributed by atoms with Crippen molar-refractivity contribution in [1.29, 1.82) is 0 Å². The van der Waals surface area contributed by atoms with Gasteiger partial charge in [0.2, 0.25) is 0 Å². The average molecular weight is 356 g/mol. The van der Waals surface area contributed by atoms with Crippen LogP contribution in [0.1, 0.15) is 25.3 Å².